The lowest BCUT2D eigenvalue weighted by molar-refractivity contribution is 0.0956. The lowest BCUT2D eigenvalue weighted by Crippen LogP contribution is -2.44. The molecule has 2 aromatic rings. The summed E-state index contributed by atoms with van der Waals surface area (Å²) < 4.78 is 19.2. The molecule has 25 heavy (non-hydrogen) atoms. The fourth-order valence-corrected chi connectivity index (χ4v) is 2.44. The highest BCUT2D eigenvalue weighted by molar-refractivity contribution is 5.66. The number of hydrogen-bond donors (Lipinski definition) is 2. The molecule has 0 bridgehead atoms. The van der Waals surface area contributed by atoms with E-state index in [0.29, 0.717) is 22.7 Å². The third-order valence-electron chi connectivity index (χ3n) is 3.73. The largest absolute Gasteiger partial charge is 0.465 e. The summed E-state index contributed by atoms with van der Waals surface area (Å²) in [7, 11) is 0. The number of ether oxygens (including phenoxy) is 1. The van der Waals surface area contributed by atoms with Crippen LogP contribution in [0.4, 0.5) is 14.9 Å². The number of hydrogen-bond acceptors (Lipinski definition) is 3. The Labute approximate surface area is 146 Å². The summed E-state index contributed by atoms with van der Waals surface area (Å²) in [4.78, 5) is 12.8. The molecular formula is C19H23FN2O3. The number of halogens is 1. The number of nitrogen functional groups attached to an aromatic ring is 1. The SMILES string of the molecule is Cc1cc(F)cc(Oc2ccc(N)c(CN(C(=O)O)C(C)(C)C)c2)c1. The number of carboxylic acid groups (broad SMARTS) is 1. The maximum atomic E-state index is 13.5. The molecule has 134 valence electrons. The van der Waals surface area contributed by atoms with Gasteiger partial charge >= 0.3 is 6.09 Å². The first-order valence-electron chi connectivity index (χ1n) is 7.90. The number of nitrogens with zero attached hydrogens (tertiary/aromatic N) is 1. The van der Waals surface area contributed by atoms with E-state index in [2.05, 4.69) is 0 Å². The molecule has 0 saturated heterocycles. The van der Waals surface area contributed by atoms with Gasteiger partial charge in [0.2, 0.25) is 0 Å². The molecule has 0 aliphatic heterocycles. The number of carbonyl (C=O) groups is 1. The van der Waals surface area contributed by atoms with Crippen molar-refractivity contribution in [1.29, 1.82) is 0 Å². The van der Waals surface area contributed by atoms with Crippen LogP contribution in [0.15, 0.2) is 36.4 Å². The number of anilines is 1. The van der Waals surface area contributed by atoms with Crippen molar-refractivity contribution in [3.63, 3.8) is 0 Å². The number of benzene rings is 2. The molecule has 0 aromatic heterocycles. The van der Waals surface area contributed by atoms with Crippen LogP contribution in [0.3, 0.4) is 0 Å². The average Bonchev–Trinajstić information content (AvgIpc) is 2.45. The van der Waals surface area contributed by atoms with E-state index in [9.17, 15) is 14.3 Å². The molecule has 0 unspecified atom stereocenters. The van der Waals surface area contributed by atoms with Crippen LogP contribution in [0.1, 0.15) is 31.9 Å². The van der Waals surface area contributed by atoms with Crippen molar-refractivity contribution in [1.82, 2.24) is 4.90 Å². The number of amides is 1. The van der Waals surface area contributed by atoms with Gasteiger partial charge in [-0.1, -0.05) is 0 Å². The Morgan fingerprint density at radius 2 is 1.88 bits per heavy atom. The summed E-state index contributed by atoms with van der Waals surface area (Å²) in [6.07, 6.45) is -1.03. The predicted molar refractivity (Wildman–Crippen MR) is 95.4 cm³/mol. The van der Waals surface area contributed by atoms with Gasteiger partial charge in [-0.25, -0.2) is 9.18 Å². The van der Waals surface area contributed by atoms with Crippen molar-refractivity contribution in [2.45, 2.75) is 39.8 Å². The quantitative estimate of drug-likeness (QED) is 0.781. The summed E-state index contributed by atoms with van der Waals surface area (Å²) in [5.74, 6) is 0.461. The molecule has 3 N–H and O–H groups in total. The van der Waals surface area contributed by atoms with E-state index in [1.807, 2.05) is 20.8 Å². The summed E-state index contributed by atoms with van der Waals surface area (Å²) >= 11 is 0. The second-order valence-corrected chi connectivity index (χ2v) is 6.97. The molecule has 0 saturated carbocycles. The number of rotatable bonds is 4. The van der Waals surface area contributed by atoms with Crippen molar-refractivity contribution in [2.75, 3.05) is 5.73 Å². The topological polar surface area (TPSA) is 75.8 Å². The molecule has 2 rings (SSSR count). The van der Waals surface area contributed by atoms with Gasteiger partial charge in [0.15, 0.2) is 0 Å². The molecule has 0 aliphatic carbocycles. The van der Waals surface area contributed by atoms with Crippen LogP contribution in [-0.2, 0) is 6.54 Å². The molecule has 2 aromatic carbocycles. The fourth-order valence-electron chi connectivity index (χ4n) is 2.44. The minimum Gasteiger partial charge on any atom is -0.465 e. The van der Waals surface area contributed by atoms with Crippen molar-refractivity contribution in [2.24, 2.45) is 0 Å². The fraction of sp³-hybridized carbons (Fsp3) is 0.316. The maximum Gasteiger partial charge on any atom is 0.408 e. The molecule has 0 spiro atoms. The van der Waals surface area contributed by atoms with Crippen molar-refractivity contribution < 1.29 is 19.0 Å². The zero-order chi connectivity index (χ0) is 18.8. The first-order valence-corrected chi connectivity index (χ1v) is 7.90. The first-order chi connectivity index (χ1) is 11.6. The van der Waals surface area contributed by atoms with Crippen LogP contribution >= 0.6 is 0 Å². The van der Waals surface area contributed by atoms with Gasteiger partial charge in [-0.3, -0.25) is 4.90 Å². The van der Waals surface area contributed by atoms with E-state index < -0.39 is 11.6 Å². The summed E-state index contributed by atoms with van der Waals surface area (Å²) in [6, 6.07) is 9.42. The van der Waals surface area contributed by atoms with Crippen LogP contribution in [-0.4, -0.2) is 21.6 Å². The van der Waals surface area contributed by atoms with Crippen LogP contribution in [0, 0.1) is 12.7 Å². The highest BCUT2D eigenvalue weighted by Crippen LogP contribution is 2.28. The van der Waals surface area contributed by atoms with Gasteiger partial charge < -0.3 is 15.6 Å². The van der Waals surface area contributed by atoms with Crippen molar-refractivity contribution in [3.8, 4) is 11.5 Å². The van der Waals surface area contributed by atoms with E-state index in [-0.39, 0.29) is 12.4 Å². The molecule has 0 atom stereocenters. The first kappa shape index (κ1) is 18.6. The lowest BCUT2D eigenvalue weighted by atomic mass is 10.0. The van der Waals surface area contributed by atoms with Crippen LogP contribution in [0.25, 0.3) is 0 Å². The molecule has 5 nitrogen and oxygen atoms in total. The molecular weight excluding hydrogens is 323 g/mol. The Morgan fingerprint density at radius 3 is 2.44 bits per heavy atom. The summed E-state index contributed by atoms with van der Waals surface area (Å²) in [6.45, 7) is 7.34. The van der Waals surface area contributed by atoms with Gasteiger partial charge in [0.1, 0.15) is 17.3 Å². The van der Waals surface area contributed by atoms with Gasteiger partial charge in [0.05, 0.1) is 6.54 Å². The van der Waals surface area contributed by atoms with Gasteiger partial charge in [0, 0.05) is 17.3 Å². The van der Waals surface area contributed by atoms with E-state index in [1.165, 1.54) is 17.0 Å². The van der Waals surface area contributed by atoms with E-state index in [4.69, 9.17) is 10.5 Å². The summed E-state index contributed by atoms with van der Waals surface area (Å²) in [5, 5.41) is 9.44. The second-order valence-electron chi connectivity index (χ2n) is 6.97. The third-order valence-corrected chi connectivity index (χ3v) is 3.73. The maximum absolute atomic E-state index is 13.5. The zero-order valence-corrected chi connectivity index (χ0v) is 14.8. The van der Waals surface area contributed by atoms with Crippen LogP contribution < -0.4 is 10.5 Å². The van der Waals surface area contributed by atoms with E-state index in [0.717, 1.165) is 5.56 Å². The van der Waals surface area contributed by atoms with E-state index in [1.54, 1.807) is 31.2 Å². The highest BCUT2D eigenvalue weighted by atomic mass is 19.1. The van der Waals surface area contributed by atoms with Crippen LogP contribution in [0.5, 0.6) is 11.5 Å². The number of nitrogens with two attached hydrogens (primary N) is 1. The Kier molecular flexibility index (Phi) is 5.21. The lowest BCUT2D eigenvalue weighted by Gasteiger charge is -2.33. The minimum absolute atomic E-state index is 0.129. The van der Waals surface area contributed by atoms with Gasteiger partial charge in [-0.2, -0.15) is 0 Å². The normalized spacial score (nSPS) is 11.2. The van der Waals surface area contributed by atoms with Gasteiger partial charge in [0.25, 0.3) is 0 Å². The smallest absolute Gasteiger partial charge is 0.408 e. The standard InChI is InChI=1S/C19H23FN2O3/c1-12-7-14(20)10-16(8-12)25-15-5-6-17(21)13(9-15)11-22(18(23)24)19(2,3)4/h5-10H,11,21H2,1-4H3,(H,23,24). The molecule has 6 heteroatoms. The monoisotopic (exact) mass is 346 g/mol. The molecule has 0 fully saturated rings. The average molecular weight is 346 g/mol. The van der Waals surface area contributed by atoms with Crippen molar-refractivity contribution >= 4 is 11.8 Å². The Balaban J connectivity index is 2.29. The second kappa shape index (κ2) is 7.01. The van der Waals surface area contributed by atoms with E-state index >= 15 is 0 Å². The zero-order valence-electron chi connectivity index (χ0n) is 14.8. The Bertz CT molecular complexity index is 764. The third kappa shape index (κ3) is 4.86. The Hall–Kier alpha value is -2.76. The van der Waals surface area contributed by atoms with Gasteiger partial charge in [-0.15, -0.1) is 0 Å². The minimum atomic E-state index is -1.03. The number of aryl methyl sites for hydroxylation is 1. The summed E-state index contributed by atoms with van der Waals surface area (Å²) in [5.41, 5.74) is 7.26. The molecule has 1 amide bonds. The van der Waals surface area contributed by atoms with Crippen LogP contribution in [0.2, 0.25) is 0 Å². The Morgan fingerprint density at radius 1 is 1.20 bits per heavy atom. The molecule has 0 aliphatic rings. The predicted octanol–water partition coefficient (Wildman–Crippen LogP) is 4.79. The van der Waals surface area contributed by atoms with Crippen molar-refractivity contribution in [3.05, 3.63) is 53.3 Å². The molecule has 0 heterocycles. The molecule has 0 radical (unpaired) electrons. The highest BCUT2D eigenvalue weighted by Gasteiger charge is 2.26. The van der Waals surface area contributed by atoms with Gasteiger partial charge in [-0.05, 0) is 69.2 Å².